The van der Waals surface area contributed by atoms with Gasteiger partial charge in [0.25, 0.3) is 0 Å². The first-order valence-corrected chi connectivity index (χ1v) is 8.18. The van der Waals surface area contributed by atoms with E-state index in [1.54, 1.807) is 24.5 Å². The van der Waals surface area contributed by atoms with Crippen LogP contribution in [0.4, 0.5) is 4.39 Å². The van der Waals surface area contributed by atoms with Crippen LogP contribution in [-0.2, 0) is 6.54 Å². The zero-order valence-corrected chi connectivity index (χ0v) is 16.7. The minimum absolute atomic E-state index is 0. The first-order valence-electron chi connectivity index (χ1n) is 7.30. The van der Waals surface area contributed by atoms with Crippen LogP contribution in [-0.4, -0.2) is 19.6 Å². The van der Waals surface area contributed by atoms with Crippen molar-refractivity contribution in [1.82, 2.24) is 10.6 Å². The number of nitriles is 1. The van der Waals surface area contributed by atoms with Gasteiger partial charge in [0.1, 0.15) is 5.82 Å². The van der Waals surface area contributed by atoms with Crippen molar-refractivity contribution in [1.29, 1.82) is 5.26 Å². The van der Waals surface area contributed by atoms with Crippen molar-refractivity contribution in [2.45, 2.75) is 19.4 Å². The van der Waals surface area contributed by atoms with Crippen LogP contribution in [0.25, 0.3) is 0 Å². The van der Waals surface area contributed by atoms with Crippen LogP contribution in [0.15, 0.2) is 40.7 Å². The highest BCUT2D eigenvalue weighted by Gasteiger charge is 2.08. The van der Waals surface area contributed by atoms with Gasteiger partial charge in [0.2, 0.25) is 0 Å². The molecule has 0 bridgehead atoms. The van der Waals surface area contributed by atoms with Gasteiger partial charge in [-0.25, -0.2) is 4.39 Å². The van der Waals surface area contributed by atoms with Crippen LogP contribution < -0.4 is 10.6 Å². The van der Waals surface area contributed by atoms with Gasteiger partial charge in [-0.1, -0.05) is 13.0 Å². The first kappa shape index (κ1) is 20.4. The molecule has 1 heterocycles. The number of nitrogens with zero attached hydrogens (tertiary/aromatic N) is 2. The maximum atomic E-state index is 13.8. The molecule has 0 saturated carbocycles. The van der Waals surface area contributed by atoms with E-state index in [2.05, 4.69) is 34.0 Å². The molecule has 24 heavy (non-hydrogen) atoms. The third-order valence-corrected chi connectivity index (χ3v) is 4.55. The molecule has 0 saturated heterocycles. The third-order valence-electron chi connectivity index (χ3n) is 3.45. The van der Waals surface area contributed by atoms with Crippen LogP contribution in [0.3, 0.4) is 0 Å². The number of aliphatic imine (C=N–C) groups is 1. The Balaban J connectivity index is 0.00000288. The molecule has 0 fully saturated rings. The van der Waals surface area contributed by atoms with Crippen molar-refractivity contribution < 1.29 is 4.39 Å². The lowest BCUT2D eigenvalue weighted by atomic mass is 10.1. The Labute approximate surface area is 162 Å². The normalized spacial score (nSPS) is 12.0. The summed E-state index contributed by atoms with van der Waals surface area (Å²) in [6.07, 6.45) is 0. The number of hydrogen-bond donors (Lipinski definition) is 2. The molecule has 1 atom stereocenters. The average molecular weight is 458 g/mol. The molecule has 1 aromatic heterocycles. The monoisotopic (exact) mass is 458 g/mol. The quantitative estimate of drug-likeness (QED) is 0.407. The van der Waals surface area contributed by atoms with E-state index in [1.807, 2.05) is 12.1 Å². The van der Waals surface area contributed by atoms with Crippen LogP contribution >= 0.6 is 35.3 Å². The van der Waals surface area contributed by atoms with E-state index in [9.17, 15) is 4.39 Å². The fraction of sp³-hybridized carbons (Fsp3) is 0.294. The molecular formula is C17H20FIN4S. The summed E-state index contributed by atoms with van der Waals surface area (Å²) in [7, 11) is 1.67. The Morgan fingerprint density at radius 1 is 1.38 bits per heavy atom. The molecule has 1 unspecified atom stereocenters. The van der Waals surface area contributed by atoms with Crippen molar-refractivity contribution in [3.63, 3.8) is 0 Å². The second-order valence-corrected chi connectivity index (χ2v) is 6.12. The van der Waals surface area contributed by atoms with Gasteiger partial charge in [0.15, 0.2) is 5.96 Å². The number of thiophene rings is 1. The van der Waals surface area contributed by atoms with Crippen LogP contribution in [0.2, 0.25) is 0 Å². The average Bonchev–Trinajstić information content (AvgIpc) is 3.10. The van der Waals surface area contributed by atoms with E-state index in [4.69, 9.17) is 5.26 Å². The molecule has 1 aromatic carbocycles. The smallest absolute Gasteiger partial charge is 0.191 e. The Morgan fingerprint density at radius 2 is 2.17 bits per heavy atom. The summed E-state index contributed by atoms with van der Waals surface area (Å²) in [6, 6.07) is 10.5. The zero-order chi connectivity index (χ0) is 16.7. The SMILES string of the molecule is CN=C(NCc1cc(C#N)ccc1F)NCC(C)c1cccs1.I. The number of rotatable bonds is 5. The fourth-order valence-electron chi connectivity index (χ4n) is 2.10. The number of benzene rings is 1. The van der Waals surface area contributed by atoms with E-state index < -0.39 is 0 Å². The van der Waals surface area contributed by atoms with E-state index >= 15 is 0 Å². The molecular weight excluding hydrogens is 438 g/mol. The number of nitrogens with one attached hydrogen (secondary N) is 2. The fourth-order valence-corrected chi connectivity index (χ4v) is 2.89. The van der Waals surface area contributed by atoms with Gasteiger partial charge in [-0.3, -0.25) is 4.99 Å². The zero-order valence-electron chi connectivity index (χ0n) is 13.5. The summed E-state index contributed by atoms with van der Waals surface area (Å²) in [5.41, 5.74) is 0.885. The summed E-state index contributed by atoms with van der Waals surface area (Å²) in [5, 5.41) is 17.2. The Bertz CT molecular complexity index is 710. The first-order chi connectivity index (χ1) is 11.1. The molecule has 128 valence electrons. The second kappa shape index (κ2) is 10.3. The summed E-state index contributed by atoms with van der Waals surface area (Å²) >= 11 is 1.73. The molecule has 0 amide bonds. The van der Waals surface area contributed by atoms with Gasteiger partial charge in [-0.15, -0.1) is 35.3 Å². The van der Waals surface area contributed by atoms with Crippen LogP contribution in [0.1, 0.15) is 28.8 Å². The Morgan fingerprint density at radius 3 is 2.79 bits per heavy atom. The molecule has 0 aliphatic heterocycles. The van der Waals surface area contributed by atoms with Crippen molar-refractivity contribution in [3.05, 3.63) is 57.5 Å². The van der Waals surface area contributed by atoms with Gasteiger partial charge < -0.3 is 10.6 Å². The number of guanidine groups is 1. The van der Waals surface area contributed by atoms with Crippen molar-refractivity contribution in [2.75, 3.05) is 13.6 Å². The van der Waals surface area contributed by atoms with Crippen molar-refractivity contribution >= 4 is 41.3 Å². The lowest BCUT2D eigenvalue weighted by Crippen LogP contribution is -2.38. The number of hydrogen-bond acceptors (Lipinski definition) is 3. The molecule has 4 nitrogen and oxygen atoms in total. The highest BCUT2D eigenvalue weighted by Crippen LogP contribution is 2.19. The predicted octanol–water partition coefficient (Wildman–Crippen LogP) is 3.85. The molecule has 2 rings (SSSR count). The Hall–Kier alpha value is -1.66. The van der Waals surface area contributed by atoms with Gasteiger partial charge in [-0.2, -0.15) is 5.26 Å². The predicted molar refractivity (Wildman–Crippen MR) is 107 cm³/mol. The minimum atomic E-state index is -0.334. The third kappa shape index (κ3) is 5.76. The maximum absolute atomic E-state index is 13.8. The van der Waals surface area contributed by atoms with Crippen LogP contribution in [0.5, 0.6) is 0 Å². The van der Waals surface area contributed by atoms with E-state index in [0.717, 1.165) is 6.54 Å². The standard InChI is InChI=1S/C17H19FN4S.HI/c1-12(16-4-3-7-23-16)10-21-17(20-2)22-11-14-8-13(9-19)5-6-15(14)18;/h3-8,12H,10-11H2,1-2H3,(H2,20,21,22);1H. The molecule has 0 aliphatic carbocycles. The van der Waals surface area contributed by atoms with Crippen LogP contribution in [0, 0.1) is 17.1 Å². The molecule has 0 spiro atoms. The van der Waals surface area contributed by atoms with Gasteiger partial charge >= 0.3 is 0 Å². The van der Waals surface area contributed by atoms with Gasteiger partial charge in [0.05, 0.1) is 11.6 Å². The second-order valence-electron chi connectivity index (χ2n) is 5.14. The lowest BCUT2D eigenvalue weighted by molar-refractivity contribution is 0.603. The number of halogens is 2. The Kier molecular flexibility index (Phi) is 8.71. The van der Waals surface area contributed by atoms with Gasteiger partial charge in [-0.05, 0) is 29.6 Å². The molecule has 0 aliphatic rings. The largest absolute Gasteiger partial charge is 0.356 e. The molecule has 2 aromatic rings. The van der Waals surface area contributed by atoms with Gasteiger partial charge in [0, 0.05) is 36.5 Å². The maximum Gasteiger partial charge on any atom is 0.191 e. The molecule has 2 N–H and O–H groups in total. The summed E-state index contributed by atoms with van der Waals surface area (Å²) < 4.78 is 13.8. The van der Waals surface area contributed by atoms with E-state index in [0.29, 0.717) is 23.0 Å². The highest BCUT2D eigenvalue weighted by atomic mass is 127. The molecule has 0 radical (unpaired) electrons. The topological polar surface area (TPSA) is 60.2 Å². The highest BCUT2D eigenvalue weighted by molar-refractivity contribution is 14.0. The van der Waals surface area contributed by atoms with Crippen molar-refractivity contribution in [2.24, 2.45) is 4.99 Å². The molecule has 7 heteroatoms. The minimum Gasteiger partial charge on any atom is -0.356 e. The van der Waals surface area contributed by atoms with E-state index in [1.165, 1.54) is 17.0 Å². The van der Waals surface area contributed by atoms with E-state index in [-0.39, 0.29) is 36.3 Å². The summed E-state index contributed by atoms with van der Waals surface area (Å²) in [5.74, 6) is 0.640. The summed E-state index contributed by atoms with van der Waals surface area (Å²) in [4.78, 5) is 5.45. The lowest BCUT2D eigenvalue weighted by Gasteiger charge is -2.15. The van der Waals surface area contributed by atoms with Crippen molar-refractivity contribution in [3.8, 4) is 6.07 Å². The summed E-state index contributed by atoms with van der Waals surface area (Å²) in [6.45, 7) is 3.15.